The molecule has 82 valence electrons. The van der Waals surface area contributed by atoms with Crippen LogP contribution in [0.3, 0.4) is 0 Å². The Balaban J connectivity index is 2.07. The number of hydrogen-bond acceptors (Lipinski definition) is 2. The highest BCUT2D eigenvalue weighted by Crippen LogP contribution is 2.58. The molecule has 0 saturated heterocycles. The van der Waals surface area contributed by atoms with Crippen LogP contribution in [-0.2, 0) is 0 Å². The van der Waals surface area contributed by atoms with Crippen molar-refractivity contribution in [3.05, 3.63) is 0 Å². The van der Waals surface area contributed by atoms with Crippen molar-refractivity contribution in [1.29, 1.82) is 0 Å². The van der Waals surface area contributed by atoms with E-state index >= 15 is 0 Å². The van der Waals surface area contributed by atoms with Gasteiger partial charge in [0.1, 0.15) is 0 Å². The lowest BCUT2D eigenvalue weighted by molar-refractivity contribution is -0.0669. The fourth-order valence-corrected chi connectivity index (χ4v) is 2.95. The van der Waals surface area contributed by atoms with Crippen LogP contribution in [0, 0.1) is 11.3 Å². The summed E-state index contributed by atoms with van der Waals surface area (Å²) in [5, 5.41) is 20.0. The minimum absolute atomic E-state index is 0.114. The highest BCUT2D eigenvalue weighted by molar-refractivity contribution is 5.08. The van der Waals surface area contributed by atoms with Gasteiger partial charge in [-0.3, -0.25) is 0 Å². The minimum Gasteiger partial charge on any atom is -0.396 e. The Morgan fingerprint density at radius 3 is 2.43 bits per heavy atom. The number of aliphatic hydroxyl groups excluding tert-OH is 1. The van der Waals surface area contributed by atoms with Crippen molar-refractivity contribution in [1.82, 2.24) is 0 Å². The summed E-state index contributed by atoms with van der Waals surface area (Å²) in [5.41, 5.74) is -0.663. The van der Waals surface area contributed by atoms with Crippen LogP contribution in [0.25, 0.3) is 0 Å². The van der Waals surface area contributed by atoms with E-state index in [1.165, 1.54) is 6.42 Å². The molecule has 2 rings (SSSR count). The van der Waals surface area contributed by atoms with Crippen LogP contribution in [0.4, 0.5) is 0 Å². The molecular formula is C12H22O2. The molecule has 2 aliphatic rings. The molecule has 0 bridgehead atoms. The average molecular weight is 198 g/mol. The van der Waals surface area contributed by atoms with Gasteiger partial charge in [-0.15, -0.1) is 0 Å². The molecule has 2 atom stereocenters. The molecule has 0 aromatic rings. The van der Waals surface area contributed by atoms with Gasteiger partial charge in [-0.2, -0.15) is 0 Å². The summed E-state index contributed by atoms with van der Waals surface area (Å²) in [4.78, 5) is 0. The smallest absolute Gasteiger partial charge is 0.0725 e. The van der Waals surface area contributed by atoms with Crippen LogP contribution in [-0.4, -0.2) is 22.4 Å². The largest absolute Gasteiger partial charge is 0.396 e. The maximum atomic E-state index is 10.6. The Bertz CT molecular complexity index is 210. The fourth-order valence-electron chi connectivity index (χ4n) is 2.95. The molecule has 0 aliphatic heterocycles. The first-order chi connectivity index (χ1) is 6.62. The van der Waals surface area contributed by atoms with Crippen molar-refractivity contribution in [2.45, 2.75) is 57.5 Å². The summed E-state index contributed by atoms with van der Waals surface area (Å²) in [7, 11) is 0. The lowest BCUT2D eigenvalue weighted by Gasteiger charge is -2.35. The van der Waals surface area contributed by atoms with E-state index in [1.807, 2.05) is 0 Å². The zero-order valence-corrected chi connectivity index (χ0v) is 9.13. The highest BCUT2D eigenvalue weighted by Gasteiger charge is 2.57. The lowest BCUT2D eigenvalue weighted by atomic mass is 9.78. The molecule has 0 amide bonds. The van der Waals surface area contributed by atoms with Crippen LogP contribution in [0.1, 0.15) is 51.9 Å². The molecule has 2 fully saturated rings. The molecule has 0 heterocycles. The van der Waals surface area contributed by atoms with E-state index in [2.05, 4.69) is 6.92 Å². The maximum Gasteiger partial charge on any atom is 0.0725 e. The molecule has 2 N–H and O–H groups in total. The summed E-state index contributed by atoms with van der Waals surface area (Å²) >= 11 is 0. The first kappa shape index (κ1) is 10.4. The summed E-state index contributed by atoms with van der Waals surface area (Å²) in [6, 6.07) is 0. The zero-order valence-electron chi connectivity index (χ0n) is 9.13. The van der Waals surface area contributed by atoms with Gasteiger partial charge >= 0.3 is 0 Å². The first-order valence-corrected chi connectivity index (χ1v) is 5.95. The third kappa shape index (κ3) is 1.59. The summed E-state index contributed by atoms with van der Waals surface area (Å²) in [6.45, 7) is 2.45. The van der Waals surface area contributed by atoms with E-state index in [1.54, 1.807) is 0 Å². The van der Waals surface area contributed by atoms with Crippen LogP contribution in [0.5, 0.6) is 0 Å². The Morgan fingerprint density at radius 1 is 1.14 bits per heavy atom. The second-order valence-corrected chi connectivity index (χ2v) is 5.51. The van der Waals surface area contributed by atoms with Crippen LogP contribution in [0.15, 0.2) is 0 Å². The van der Waals surface area contributed by atoms with E-state index in [-0.39, 0.29) is 12.0 Å². The molecule has 0 aromatic heterocycles. The zero-order chi connectivity index (χ0) is 10.2. The van der Waals surface area contributed by atoms with Gasteiger partial charge in [0.2, 0.25) is 0 Å². The van der Waals surface area contributed by atoms with Crippen molar-refractivity contribution in [2.75, 3.05) is 6.61 Å². The predicted molar refractivity (Wildman–Crippen MR) is 56.0 cm³/mol. The van der Waals surface area contributed by atoms with Crippen LogP contribution >= 0.6 is 0 Å². The van der Waals surface area contributed by atoms with E-state index in [0.717, 1.165) is 44.4 Å². The van der Waals surface area contributed by atoms with Crippen molar-refractivity contribution in [2.24, 2.45) is 11.3 Å². The van der Waals surface area contributed by atoms with Gasteiger partial charge in [-0.05, 0) is 38.0 Å². The summed E-state index contributed by atoms with van der Waals surface area (Å²) in [6.07, 6.45) is 7.33. The molecular weight excluding hydrogens is 176 g/mol. The van der Waals surface area contributed by atoms with E-state index in [9.17, 15) is 10.2 Å². The van der Waals surface area contributed by atoms with Crippen LogP contribution < -0.4 is 0 Å². The molecule has 14 heavy (non-hydrogen) atoms. The molecule has 2 unspecified atom stereocenters. The lowest BCUT2D eigenvalue weighted by Crippen LogP contribution is -2.41. The van der Waals surface area contributed by atoms with Crippen molar-refractivity contribution in [3.63, 3.8) is 0 Å². The van der Waals surface area contributed by atoms with Crippen molar-refractivity contribution in [3.8, 4) is 0 Å². The van der Waals surface area contributed by atoms with Gasteiger partial charge in [0, 0.05) is 5.41 Å². The highest BCUT2D eigenvalue weighted by atomic mass is 16.3. The Labute approximate surface area is 86.3 Å². The monoisotopic (exact) mass is 198 g/mol. The van der Waals surface area contributed by atoms with Crippen molar-refractivity contribution >= 4 is 0 Å². The van der Waals surface area contributed by atoms with Gasteiger partial charge in [0.15, 0.2) is 0 Å². The number of hydrogen-bond donors (Lipinski definition) is 2. The Kier molecular flexibility index (Phi) is 2.61. The van der Waals surface area contributed by atoms with E-state index in [0.29, 0.717) is 0 Å². The van der Waals surface area contributed by atoms with Gasteiger partial charge in [0.25, 0.3) is 0 Å². The molecule has 2 heteroatoms. The SMILES string of the molecule is CC1CCCC(O)(C2(CO)CC2)CC1. The van der Waals surface area contributed by atoms with E-state index in [4.69, 9.17) is 0 Å². The summed E-state index contributed by atoms with van der Waals surface area (Å²) < 4.78 is 0. The first-order valence-electron chi connectivity index (χ1n) is 5.95. The van der Waals surface area contributed by atoms with Crippen molar-refractivity contribution < 1.29 is 10.2 Å². The normalized spacial score (nSPS) is 41.8. The Hall–Kier alpha value is -0.0800. The number of aliphatic hydroxyl groups is 2. The molecule has 2 nitrogen and oxygen atoms in total. The number of rotatable bonds is 2. The molecule has 0 spiro atoms. The molecule has 0 radical (unpaired) electrons. The molecule has 2 saturated carbocycles. The minimum atomic E-state index is -0.549. The standard InChI is InChI=1S/C12H22O2/c1-10-3-2-5-12(14,6-4-10)11(9-13)7-8-11/h10,13-14H,2-9H2,1H3. The average Bonchev–Trinajstić information content (AvgIpc) is 2.94. The van der Waals surface area contributed by atoms with Gasteiger partial charge < -0.3 is 10.2 Å². The van der Waals surface area contributed by atoms with E-state index < -0.39 is 5.60 Å². The molecule has 0 aromatic carbocycles. The second kappa shape index (κ2) is 3.49. The quantitative estimate of drug-likeness (QED) is 0.667. The van der Waals surface area contributed by atoms with Gasteiger partial charge in [0.05, 0.1) is 12.2 Å². The third-order valence-electron chi connectivity index (χ3n) is 4.48. The van der Waals surface area contributed by atoms with Crippen LogP contribution in [0.2, 0.25) is 0 Å². The topological polar surface area (TPSA) is 40.5 Å². The Morgan fingerprint density at radius 2 is 1.86 bits per heavy atom. The predicted octanol–water partition coefficient (Wildman–Crippen LogP) is 2.09. The third-order valence-corrected chi connectivity index (χ3v) is 4.48. The summed E-state index contributed by atoms with van der Waals surface area (Å²) in [5.74, 6) is 0.749. The molecule has 2 aliphatic carbocycles. The van der Waals surface area contributed by atoms with Gasteiger partial charge in [-0.1, -0.05) is 19.8 Å². The maximum absolute atomic E-state index is 10.6. The fraction of sp³-hybridized carbons (Fsp3) is 1.00. The second-order valence-electron chi connectivity index (χ2n) is 5.51. The van der Waals surface area contributed by atoms with Gasteiger partial charge in [-0.25, -0.2) is 0 Å².